The molecule has 42 heavy (non-hydrogen) atoms. The lowest BCUT2D eigenvalue weighted by Gasteiger charge is -2.33. The van der Waals surface area contributed by atoms with Crippen molar-refractivity contribution in [3.8, 4) is 6.07 Å². The molecular weight excluding hydrogens is 571 g/mol. The van der Waals surface area contributed by atoms with Crippen molar-refractivity contribution in [2.75, 3.05) is 14.2 Å². The first-order chi connectivity index (χ1) is 19.6. The molecule has 5 nitrogen and oxygen atoms in total. The lowest BCUT2D eigenvalue weighted by molar-refractivity contribution is -0.0872. The molecule has 0 aromatic heterocycles. The van der Waals surface area contributed by atoms with Crippen LogP contribution in [0, 0.1) is 23.1 Å². The second-order valence-corrected chi connectivity index (χ2v) is 11.2. The van der Waals surface area contributed by atoms with Crippen LogP contribution in [0.3, 0.4) is 0 Å². The monoisotopic (exact) mass is 608 g/mol. The van der Waals surface area contributed by atoms with Crippen molar-refractivity contribution in [2.24, 2.45) is 16.6 Å². The van der Waals surface area contributed by atoms with Crippen LogP contribution >= 0.6 is 11.8 Å². The lowest BCUT2D eigenvalue weighted by atomic mass is 9.84. The van der Waals surface area contributed by atoms with E-state index in [1.807, 2.05) is 11.8 Å². The Hall–Kier alpha value is -3.52. The third-order valence-corrected chi connectivity index (χ3v) is 8.23. The minimum absolute atomic E-state index is 0.0270. The van der Waals surface area contributed by atoms with Crippen molar-refractivity contribution < 1.29 is 26.7 Å². The van der Waals surface area contributed by atoms with Crippen LogP contribution in [0.25, 0.3) is 5.57 Å². The Morgan fingerprint density at radius 3 is 2.33 bits per heavy atom. The van der Waals surface area contributed by atoms with E-state index in [9.17, 15) is 22.8 Å². The van der Waals surface area contributed by atoms with Crippen LogP contribution in [0.15, 0.2) is 74.8 Å². The highest BCUT2D eigenvalue weighted by Gasteiger charge is 2.43. The van der Waals surface area contributed by atoms with Gasteiger partial charge in [-0.05, 0) is 56.9 Å². The summed E-state index contributed by atoms with van der Waals surface area (Å²) in [4.78, 5) is 5.58. The minimum Gasteiger partial charge on any atom is -0.481 e. The van der Waals surface area contributed by atoms with Crippen LogP contribution in [0.5, 0.6) is 0 Å². The number of halogens is 5. The molecule has 1 aromatic carbocycles. The SMILES string of the molecule is C=C(/N=C1/C(F)=C(c2ccc(F)c(SC(=C)N)c2C#N)C(C(F)(F)F)=C/C1=C(/C)N(C)C(CC)CCC(C)CC)OC. The predicted octanol–water partition coefficient (Wildman–Crippen LogP) is 8.77. The molecule has 11 heteroatoms. The second kappa shape index (κ2) is 14.6. The summed E-state index contributed by atoms with van der Waals surface area (Å²) < 4.78 is 80.2. The number of hydrogen-bond acceptors (Lipinski definition) is 6. The number of ether oxygens (including phenoxy) is 1. The first kappa shape index (κ1) is 34.7. The molecular formula is C31H37F5N4OS. The molecule has 1 aliphatic rings. The molecule has 2 unspecified atom stereocenters. The Morgan fingerprint density at radius 2 is 1.83 bits per heavy atom. The number of nitriles is 1. The topological polar surface area (TPSA) is 74.6 Å². The van der Waals surface area contributed by atoms with E-state index >= 15 is 4.39 Å². The summed E-state index contributed by atoms with van der Waals surface area (Å²) in [6, 6.07) is 3.48. The smallest absolute Gasteiger partial charge is 0.417 e. The summed E-state index contributed by atoms with van der Waals surface area (Å²) >= 11 is 0.562. The van der Waals surface area contributed by atoms with Crippen molar-refractivity contribution in [2.45, 2.75) is 70.5 Å². The van der Waals surface area contributed by atoms with Crippen molar-refractivity contribution in [1.29, 1.82) is 5.26 Å². The average Bonchev–Trinajstić information content (AvgIpc) is 2.93. The zero-order chi connectivity index (χ0) is 31.9. The molecule has 0 fully saturated rings. The first-order valence-corrected chi connectivity index (χ1v) is 14.2. The van der Waals surface area contributed by atoms with E-state index in [-0.39, 0.29) is 27.4 Å². The fraction of sp³-hybridized carbons (Fsp3) is 0.419. The molecule has 2 atom stereocenters. The molecule has 2 rings (SSSR count). The quantitative estimate of drug-likeness (QED) is 0.146. The third-order valence-electron chi connectivity index (χ3n) is 7.37. The highest BCUT2D eigenvalue weighted by atomic mass is 32.2. The van der Waals surface area contributed by atoms with E-state index in [1.54, 1.807) is 20.0 Å². The molecule has 1 aliphatic carbocycles. The number of nitrogens with zero attached hydrogens (tertiary/aromatic N) is 3. The van der Waals surface area contributed by atoms with Crippen LogP contribution in [-0.4, -0.2) is 37.0 Å². The number of aliphatic imine (C=N–C) groups is 1. The number of thioether (sulfide) groups is 1. The Bertz CT molecular complexity index is 1380. The molecule has 228 valence electrons. The standard InChI is InChI=1S/C31H37F5N4OS/c1-9-17(3)11-12-21(10-2)40(7)18(4)23-15-25(31(34,35)36)27(28(33)29(23)39-20(6)41-8)22-13-14-26(32)30(24(22)16-37)42-19(5)38/h13-15,17,21H,5-6,9-12,38H2,1-4,7-8H3/b23-18+,39-29+. The Morgan fingerprint density at radius 1 is 1.19 bits per heavy atom. The van der Waals surface area contributed by atoms with Gasteiger partial charge in [0.25, 0.3) is 0 Å². The van der Waals surface area contributed by atoms with E-state index in [2.05, 4.69) is 32.0 Å². The molecule has 0 radical (unpaired) electrons. The predicted molar refractivity (Wildman–Crippen MR) is 159 cm³/mol. The zero-order valence-electron chi connectivity index (χ0n) is 24.8. The van der Waals surface area contributed by atoms with E-state index < -0.39 is 45.8 Å². The Balaban J connectivity index is 2.95. The highest BCUT2D eigenvalue weighted by Crippen LogP contribution is 2.46. The molecule has 0 saturated carbocycles. The minimum atomic E-state index is -5.05. The van der Waals surface area contributed by atoms with E-state index in [0.717, 1.165) is 37.5 Å². The molecule has 0 amide bonds. The number of rotatable bonds is 12. The van der Waals surface area contributed by atoms with E-state index in [4.69, 9.17) is 10.5 Å². The van der Waals surface area contributed by atoms with Crippen LogP contribution in [-0.2, 0) is 4.74 Å². The number of alkyl halides is 3. The van der Waals surface area contributed by atoms with E-state index in [0.29, 0.717) is 29.8 Å². The summed E-state index contributed by atoms with van der Waals surface area (Å²) in [5, 5.41) is 9.77. The fourth-order valence-corrected chi connectivity index (χ4v) is 5.29. The van der Waals surface area contributed by atoms with Gasteiger partial charge in [0.05, 0.1) is 28.2 Å². The summed E-state index contributed by atoms with van der Waals surface area (Å²) in [6.07, 6.45) is -0.817. The van der Waals surface area contributed by atoms with Gasteiger partial charge in [-0.3, -0.25) is 0 Å². The first-order valence-electron chi connectivity index (χ1n) is 13.4. The van der Waals surface area contributed by atoms with Gasteiger partial charge in [0.2, 0.25) is 5.88 Å². The van der Waals surface area contributed by atoms with Gasteiger partial charge < -0.3 is 15.4 Å². The van der Waals surface area contributed by atoms with Gasteiger partial charge in [0.15, 0.2) is 5.83 Å². The van der Waals surface area contributed by atoms with Gasteiger partial charge >= 0.3 is 6.18 Å². The molecule has 0 saturated heterocycles. The van der Waals surface area contributed by atoms with Crippen LogP contribution in [0.4, 0.5) is 22.0 Å². The summed E-state index contributed by atoms with van der Waals surface area (Å²) in [5.74, 6) is -2.04. The van der Waals surface area contributed by atoms with Crippen molar-refractivity contribution in [1.82, 2.24) is 4.90 Å². The summed E-state index contributed by atoms with van der Waals surface area (Å²) in [6.45, 7) is 14.9. The molecule has 0 heterocycles. The number of methoxy groups -OCH3 is 1. The van der Waals surface area contributed by atoms with Gasteiger partial charge in [-0.1, -0.05) is 45.5 Å². The maximum Gasteiger partial charge on any atom is 0.417 e. The highest BCUT2D eigenvalue weighted by molar-refractivity contribution is 8.03. The maximum absolute atomic E-state index is 16.5. The molecule has 1 aromatic rings. The second-order valence-electron chi connectivity index (χ2n) is 10.0. The van der Waals surface area contributed by atoms with Gasteiger partial charge in [-0.25, -0.2) is 13.8 Å². The van der Waals surface area contributed by atoms with Gasteiger partial charge in [-0.2, -0.15) is 18.4 Å². The number of hydrogen-bond donors (Lipinski definition) is 1. The summed E-state index contributed by atoms with van der Waals surface area (Å²) in [7, 11) is 3.00. The van der Waals surface area contributed by atoms with Crippen LogP contribution in [0.1, 0.15) is 64.5 Å². The third kappa shape index (κ3) is 7.85. The molecule has 2 N–H and O–H groups in total. The number of nitrogens with two attached hydrogens (primary N) is 1. The van der Waals surface area contributed by atoms with Gasteiger partial charge in [0.1, 0.15) is 17.6 Å². The average molecular weight is 609 g/mol. The molecule has 0 spiro atoms. The fourth-order valence-electron chi connectivity index (χ4n) is 4.61. The van der Waals surface area contributed by atoms with Crippen molar-refractivity contribution >= 4 is 23.0 Å². The number of allylic oxidation sites excluding steroid dienone is 6. The van der Waals surface area contributed by atoms with Gasteiger partial charge in [0, 0.05) is 35.5 Å². The van der Waals surface area contributed by atoms with E-state index in [1.165, 1.54) is 7.11 Å². The normalized spacial score (nSPS) is 17.4. The lowest BCUT2D eigenvalue weighted by Crippen LogP contribution is -2.32. The zero-order valence-corrected chi connectivity index (χ0v) is 25.6. The van der Waals surface area contributed by atoms with Crippen LogP contribution < -0.4 is 5.73 Å². The van der Waals surface area contributed by atoms with Crippen molar-refractivity contribution in [3.63, 3.8) is 0 Å². The van der Waals surface area contributed by atoms with Crippen LogP contribution in [0.2, 0.25) is 0 Å². The Labute approximate surface area is 249 Å². The van der Waals surface area contributed by atoms with Crippen molar-refractivity contribution in [3.05, 3.63) is 81.9 Å². The summed E-state index contributed by atoms with van der Waals surface area (Å²) in [5.41, 5.74) is 2.10. The Kier molecular flexibility index (Phi) is 12.0. The number of benzene rings is 1. The molecule has 0 aliphatic heterocycles. The van der Waals surface area contributed by atoms with Gasteiger partial charge in [-0.15, -0.1) is 0 Å². The maximum atomic E-state index is 16.5. The molecule has 0 bridgehead atoms. The largest absolute Gasteiger partial charge is 0.481 e.